The number of aryl methyl sites for hydroxylation is 1. The Labute approximate surface area is 206 Å². The van der Waals surface area contributed by atoms with Crippen LogP contribution in [0.15, 0.2) is 6.07 Å². The number of hydrogen-bond donors (Lipinski definition) is 3. The zero-order valence-corrected chi connectivity index (χ0v) is 21.3. The number of amides is 1. The van der Waals surface area contributed by atoms with Crippen LogP contribution in [0.1, 0.15) is 79.2 Å². The summed E-state index contributed by atoms with van der Waals surface area (Å²) in [6, 6.07) is 3.22. The molecule has 4 heterocycles. The summed E-state index contributed by atoms with van der Waals surface area (Å²) in [5.41, 5.74) is 4.45. The highest BCUT2D eigenvalue weighted by atomic mass is 32.1. The van der Waals surface area contributed by atoms with Crippen LogP contribution in [0.2, 0.25) is 0 Å². The van der Waals surface area contributed by atoms with E-state index in [1.54, 1.807) is 11.3 Å². The molecule has 2 aliphatic carbocycles. The van der Waals surface area contributed by atoms with Crippen molar-refractivity contribution in [2.45, 2.75) is 82.5 Å². The van der Waals surface area contributed by atoms with E-state index in [4.69, 9.17) is 5.10 Å². The van der Waals surface area contributed by atoms with Crippen molar-refractivity contribution in [3.63, 3.8) is 0 Å². The van der Waals surface area contributed by atoms with E-state index < -0.39 is 0 Å². The molecule has 0 atom stereocenters. The fourth-order valence-electron chi connectivity index (χ4n) is 6.63. The Morgan fingerprint density at radius 2 is 1.74 bits per heavy atom. The first-order valence-electron chi connectivity index (χ1n) is 13.4. The third-order valence-electron chi connectivity index (χ3n) is 8.66. The van der Waals surface area contributed by atoms with Crippen molar-refractivity contribution in [3.8, 4) is 0 Å². The lowest BCUT2D eigenvalue weighted by Crippen LogP contribution is -2.58. The molecule has 3 N–H and O–H groups in total. The Morgan fingerprint density at radius 1 is 1.03 bits per heavy atom. The molecule has 0 aromatic carbocycles. The molecule has 2 aromatic rings. The Hall–Kier alpha value is -1.52. The maximum atomic E-state index is 13.1. The van der Waals surface area contributed by atoms with E-state index in [-0.39, 0.29) is 11.6 Å². The molecule has 0 bridgehead atoms. The number of piperazine rings is 1. The zero-order valence-electron chi connectivity index (χ0n) is 20.4. The molecule has 0 unspecified atom stereocenters. The van der Waals surface area contributed by atoms with Crippen LogP contribution >= 0.6 is 11.3 Å². The van der Waals surface area contributed by atoms with Gasteiger partial charge in [0.15, 0.2) is 0 Å². The van der Waals surface area contributed by atoms with Crippen molar-refractivity contribution in [1.82, 2.24) is 35.7 Å². The van der Waals surface area contributed by atoms with Crippen LogP contribution < -0.4 is 16.1 Å². The van der Waals surface area contributed by atoms with Gasteiger partial charge in [-0.2, -0.15) is 5.10 Å². The molecular formula is C25H39N7OS. The molecule has 2 aromatic heterocycles. The van der Waals surface area contributed by atoms with Crippen molar-refractivity contribution in [1.29, 1.82) is 0 Å². The standard InChI is InChI=1S/C25H39N7OS/c1-18-21-17-22(34-24(21)32(28-18)20-5-3-2-4-6-20)23(33)29-31-15-13-30(14-16-31)19-7-9-25(10-8-19)26-11-12-27-25/h17,19-20,26-27H,2-16H2,1H3,(H,29,33). The van der Waals surface area contributed by atoms with Gasteiger partial charge in [0, 0.05) is 50.7 Å². The first-order chi connectivity index (χ1) is 16.6. The van der Waals surface area contributed by atoms with Crippen LogP contribution in [0.25, 0.3) is 10.2 Å². The Kier molecular flexibility index (Phi) is 6.40. The highest BCUT2D eigenvalue weighted by molar-refractivity contribution is 7.20. The van der Waals surface area contributed by atoms with Crippen LogP contribution in [-0.4, -0.2) is 76.6 Å². The zero-order chi connectivity index (χ0) is 23.1. The summed E-state index contributed by atoms with van der Waals surface area (Å²) < 4.78 is 2.22. The van der Waals surface area contributed by atoms with Gasteiger partial charge in [0.25, 0.3) is 5.91 Å². The van der Waals surface area contributed by atoms with Gasteiger partial charge in [-0.1, -0.05) is 19.3 Å². The second kappa shape index (κ2) is 9.50. The van der Waals surface area contributed by atoms with E-state index in [1.165, 1.54) is 62.6 Å². The lowest BCUT2D eigenvalue weighted by atomic mass is 9.85. The average Bonchev–Trinajstić information content (AvgIpc) is 3.58. The van der Waals surface area contributed by atoms with Gasteiger partial charge < -0.3 is 0 Å². The van der Waals surface area contributed by atoms with E-state index in [1.807, 2.05) is 0 Å². The van der Waals surface area contributed by atoms with E-state index in [2.05, 4.69) is 43.6 Å². The lowest BCUT2D eigenvalue weighted by molar-refractivity contribution is 0.0351. The summed E-state index contributed by atoms with van der Waals surface area (Å²) in [4.78, 5) is 17.7. The normalized spacial score (nSPS) is 25.4. The van der Waals surface area contributed by atoms with Gasteiger partial charge in [0.1, 0.15) is 4.83 Å². The van der Waals surface area contributed by atoms with Crippen molar-refractivity contribution < 1.29 is 4.79 Å². The topological polar surface area (TPSA) is 77.5 Å². The minimum atomic E-state index is 0.0298. The second-order valence-electron chi connectivity index (χ2n) is 10.8. The van der Waals surface area contributed by atoms with Crippen molar-refractivity contribution in [2.24, 2.45) is 0 Å². The van der Waals surface area contributed by atoms with Gasteiger partial charge in [0.05, 0.1) is 22.3 Å². The largest absolute Gasteiger partial charge is 0.298 e. The smallest absolute Gasteiger partial charge is 0.275 e. The van der Waals surface area contributed by atoms with Gasteiger partial charge in [-0.25, -0.2) is 5.01 Å². The van der Waals surface area contributed by atoms with E-state index in [0.717, 1.165) is 55.2 Å². The van der Waals surface area contributed by atoms with Crippen LogP contribution in [-0.2, 0) is 0 Å². The van der Waals surface area contributed by atoms with Gasteiger partial charge in [-0.3, -0.25) is 30.4 Å². The highest BCUT2D eigenvalue weighted by Crippen LogP contribution is 2.35. The number of nitrogens with zero attached hydrogens (tertiary/aromatic N) is 4. The average molecular weight is 486 g/mol. The predicted molar refractivity (Wildman–Crippen MR) is 136 cm³/mol. The third-order valence-corrected chi connectivity index (χ3v) is 9.79. The minimum absolute atomic E-state index is 0.0298. The molecule has 2 aliphatic heterocycles. The number of carbonyl (C=O) groups is 1. The summed E-state index contributed by atoms with van der Waals surface area (Å²) in [6.45, 7) is 8.11. The number of fused-ring (bicyclic) bond motifs is 1. The fraction of sp³-hybridized carbons (Fsp3) is 0.760. The summed E-state index contributed by atoms with van der Waals surface area (Å²) >= 11 is 1.61. The maximum absolute atomic E-state index is 13.1. The summed E-state index contributed by atoms with van der Waals surface area (Å²) in [5, 5.41) is 15.5. The Morgan fingerprint density at radius 3 is 2.44 bits per heavy atom. The number of hydrazine groups is 1. The van der Waals surface area contributed by atoms with Gasteiger partial charge in [0.2, 0.25) is 0 Å². The first-order valence-corrected chi connectivity index (χ1v) is 14.2. The molecule has 0 radical (unpaired) electrons. The Balaban J connectivity index is 1.04. The Bertz CT molecular complexity index is 1000. The predicted octanol–water partition coefficient (Wildman–Crippen LogP) is 3.01. The van der Waals surface area contributed by atoms with E-state index in [0.29, 0.717) is 12.1 Å². The molecule has 2 saturated heterocycles. The molecule has 6 rings (SSSR count). The summed E-state index contributed by atoms with van der Waals surface area (Å²) in [5.74, 6) is 0.0298. The third kappa shape index (κ3) is 4.41. The van der Waals surface area contributed by atoms with Crippen molar-refractivity contribution in [3.05, 3.63) is 16.6 Å². The van der Waals surface area contributed by atoms with Gasteiger partial charge in [-0.05, 0) is 51.5 Å². The van der Waals surface area contributed by atoms with Gasteiger partial charge in [-0.15, -0.1) is 11.3 Å². The SMILES string of the molecule is Cc1nn(C2CCCCC2)c2sc(C(=O)NN3CCN(C4CCC5(CC4)NCCN5)CC3)cc12. The van der Waals surface area contributed by atoms with Crippen molar-refractivity contribution >= 4 is 27.5 Å². The number of hydrogen-bond acceptors (Lipinski definition) is 7. The minimum Gasteiger partial charge on any atom is -0.298 e. The lowest BCUT2D eigenvalue weighted by Gasteiger charge is -2.44. The summed E-state index contributed by atoms with van der Waals surface area (Å²) in [6.07, 6.45) is 11.3. The second-order valence-corrected chi connectivity index (χ2v) is 11.8. The van der Waals surface area contributed by atoms with E-state index >= 15 is 0 Å². The molecule has 34 heavy (non-hydrogen) atoms. The number of thiophene rings is 1. The van der Waals surface area contributed by atoms with Crippen LogP contribution in [0.4, 0.5) is 0 Å². The molecule has 9 heteroatoms. The molecule has 8 nitrogen and oxygen atoms in total. The fourth-order valence-corrected chi connectivity index (χ4v) is 7.76. The summed E-state index contributed by atoms with van der Waals surface area (Å²) in [7, 11) is 0. The van der Waals surface area contributed by atoms with Crippen molar-refractivity contribution in [2.75, 3.05) is 39.3 Å². The monoisotopic (exact) mass is 485 g/mol. The number of rotatable bonds is 4. The van der Waals surface area contributed by atoms with Crippen LogP contribution in [0.5, 0.6) is 0 Å². The maximum Gasteiger partial charge on any atom is 0.275 e. The molecule has 4 aliphatic rings. The number of aromatic nitrogens is 2. The molecule has 186 valence electrons. The molecule has 2 saturated carbocycles. The molecule has 4 fully saturated rings. The molecule has 1 spiro atoms. The molecular weight excluding hydrogens is 446 g/mol. The van der Waals surface area contributed by atoms with Crippen LogP contribution in [0.3, 0.4) is 0 Å². The van der Waals surface area contributed by atoms with E-state index in [9.17, 15) is 4.79 Å². The number of nitrogens with one attached hydrogen (secondary N) is 3. The van der Waals surface area contributed by atoms with Crippen LogP contribution in [0, 0.1) is 6.92 Å². The quantitative estimate of drug-likeness (QED) is 0.618. The molecule has 1 amide bonds. The number of carbonyl (C=O) groups excluding carboxylic acids is 1. The highest BCUT2D eigenvalue weighted by Gasteiger charge is 2.39. The van der Waals surface area contributed by atoms with Gasteiger partial charge >= 0.3 is 0 Å². The first kappa shape index (κ1) is 22.9.